The highest BCUT2D eigenvalue weighted by Crippen LogP contribution is 2.37. The number of halogens is 1. The lowest BCUT2D eigenvalue weighted by Gasteiger charge is -2.37. The van der Waals surface area contributed by atoms with Crippen LogP contribution in [0.15, 0.2) is 18.5 Å². The summed E-state index contributed by atoms with van der Waals surface area (Å²) >= 11 is 0. The Morgan fingerprint density at radius 2 is 1.88 bits per heavy atom. The summed E-state index contributed by atoms with van der Waals surface area (Å²) in [7, 11) is 0. The van der Waals surface area contributed by atoms with Crippen LogP contribution in [0, 0.1) is 11.8 Å². The first-order valence-corrected chi connectivity index (χ1v) is 5.62. The number of hydrogen-bond acceptors (Lipinski definition) is 4. The third-order valence-electron chi connectivity index (χ3n) is 3.84. The third kappa shape index (κ3) is 1.87. The minimum absolute atomic E-state index is 0. The van der Waals surface area contributed by atoms with Gasteiger partial charge in [-0.05, 0) is 30.7 Å². The summed E-state index contributed by atoms with van der Waals surface area (Å²) in [6, 6.07) is 2.46. The molecule has 2 unspecified atom stereocenters. The summed E-state index contributed by atoms with van der Waals surface area (Å²) in [5, 5.41) is 7.73. The SMILES string of the molecule is Cl.NC1C2CCC1CN(c1ccnnc1)C2. The fraction of sp³-hybridized carbons (Fsp3) is 0.636. The van der Waals surface area contributed by atoms with Crippen molar-refractivity contribution in [1.82, 2.24) is 10.2 Å². The van der Waals surface area contributed by atoms with Crippen molar-refractivity contribution in [2.45, 2.75) is 18.9 Å². The Hall–Kier alpha value is -0.870. The molecule has 1 aliphatic heterocycles. The van der Waals surface area contributed by atoms with Crippen LogP contribution in [-0.4, -0.2) is 29.3 Å². The van der Waals surface area contributed by atoms with Gasteiger partial charge in [0.2, 0.25) is 0 Å². The van der Waals surface area contributed by atoms with Gasteiger partial charge in [-0.3, -0.25) is 0 Å². The molecule has 0 radical (unpaired) electrons. The second kappa shape index (κ2) is 4.55. The molecule has 2 heterocycles. The van der Waals surface area contributed by atoms with Crippen LogP contribution in [0.3, 0.4) is 0 Å². The number of rotatable bonds is 1. The van der Waals surface area contributed by atoms with Crippen LogP contribution in [0.5, 0.6) is 0 Å². The topological polar surface area (TPSA) is 55.0 Å². The van der Waals surface area contributed by atoms with E-state index in [2.05, 4.69) is 15.1 Å². The Labute approximate surface area is 102 Å². The van der Waals surface area contributed by atoms with Gasteiger partial charge in [0.05, 0.1) is 18.1 Å². The maximum atomic E-state index is 6.17. The average molecular weight is 241 g/mol. The number of aromatic nitrogens is 2. The number of nitrogens with zero attached hydrogens (tertiary/aromatic N) is 3. The van der Waals surface area contributed by atoms with Crippen molar-refractivity contribution in [2.75, 3.05) is 18.0 Å². The second-order valence-electron chi connectivity index (χ2n) is 4.68. The van der Waals surface area contributed by atoms with Gasteiger partial charge in [-0.2, -0.15) is 10.2 Å². The van der Waals surface area contributed by atoms with E-state index in [4.69, 9.17) is 5.73 Å². The maximum absolute atomic E-state index is 6.17. The predicted molar refractivity (Wildman–Crippen MR) is 65.7 cm³/mol. The smallest absolute Gasteiger partial charge is 0.0729 e. The van der Waals surface area contributed by atoms with E-state index in [0.717, 1.165) is 13.1 Å². The number of anilines is 1. The minimum atomic E-state index is 0. The largest absolute Gasteiger partial charge is 0.370 e. The molecule has 0 spiro atoms. The zero-order valence-electron chi connectivity index (χ0n) is 9.12. The van der Waals surface area contributed by atoms with Crippen molar-refractivity contribution in [3.8, 4) is 0 Å². The van der Waals surface area contributed by atoms with Gasteiger partial charge in [0.1, 0.15) is 0 Å². The molecule has 1 aliphatic carbocycles. The molecule has 88 valence electrons. The van der Waals surface area contributed by atoms with Crippen LogP contribution >= 0.6 is 12.4 Å². The lowest BCUT2D eigenvalue weighted by molar-refractivity contribution is 0.356. The molecule has 2 aliphatic rings. The lowest BCUT2D eigenvalue weighted by Crippen LogP contribution is -2.48. The van der Waals surface area contributed by atoms with Crippen molar-refractivity contribution in [1.29, 1.82) is 0 Å². The van der Waals surface area contributed by atoms with E-state index >= 15 is 0 Å². The zero-order chi connectivity index (χ0) is 10.3. The molecule has 2 atom stereocenters. The highest BCUT2D eigenvalue weighted by atomic mass is 35.5. The molecule has 3 rings (SSSR count). The highest BCUT2D eigenvalue weighted by Gasteiger charge is 2.39. The average Bonchev–Trinajstić information content (AvgIpc) is 2.54. The number of piperidine rings is 1. The molecule has 1 saturated carbocycles. The summed E-state index contributed by atoms with van der Waals surface area (Å²) < 4.78 is 0. The van der Waals surface area contributed by atoms with Crippen molar-refractivity contribution < 1.29 is 0 Å². The van der Waals surface area contributed by atoms with Crippen LogP contribution in [0.1, 0.15) is 12.8 Å². The standard InChI is InChI=1S/C11H16N4.ClH/c12-11-8-1-2-9(11)7-15(6-8)10-3-4-13-14-5-10;/h3-5,8-9,11H,1-2,6-7,12H2;1H. The van der Waals surface area contributed by atoms with E-state index in [1.54, 1.807) is 6.20 Å². The van der Waals surface area contributed by atoms with Gasteiger partial charge in [0.15, 0.2) is 0 Å². The molecule has 5 heteroatoms. The van der Waals surface area contributed by atoms with E-state index in [-0.39, 0.29) is 12.4 Å². The van der Waals surface area contributed by atoms with Gasteiger partial charge in [-0.15, -0.1) is 12.4 Å². The Morgan fingerprint density at radius 3 is 2.44 bits per heavy atom. The molecular weight excluding hydrogens is 224 g/mol. The predicted octanol–water partition coefficient (Wildman–Crippen LogP) is 1.07. The van der Waals surface area contributed by atoms with E-state index < -0.39 is 0 Å². The van der Waals surface area contributed by atoms with E-state index in [1.165, 1.54) is 18.5 Å². The lowest BCUT2D eigenvalue weighted by atomic mass is 9.93. The molecule has 2 N–H and O–H groups in total. The second-order valence-corrected chi connectivity index (χ2v) is 4.68. The highest BCUT2D eigenvalue weighted by molar-refractivity contribution is 5.85. The monoisotopic (exact) mass is 240 g/mol. The van der Waals surface area contributed by atoms with Crippen LogP contribution in [0.25, 0.3) is 0 Å². The number of hydrogen-bond donors (Lipinski definition) is 1. The molecule has 1 saturated heterocycles. The Balaban J connectivity index is 0.000000963. The summed E-state index contributed by atoms with van der Waals surface area (Å²) in [4.78, 5) is 2.40. The summed E-state index contributed by atoms with van der Waals surface area (Å²) in [5.74, 6) is 1.36. The Bertz CT molecular complexity index is 331. The normalized spacial score (nSPS) is 32.3. The maximum Gasteiger partial charge on any atom is 0.0729 e. The fourth-order valence-corrected chi connectivity index (χ4v) is 2.95. The first-order chi connectivity index (χ1) is 7.34. The first kappa shape index (κ1) is 11.6. The number of nitrogens with two attached hydrogens (primary N) is 1. The number of fused-ring (bicyclic) bond motifs is 2. The summed E-state index contributed by atoms with van der Waals surface area (Å²) in [5.41, 5.74) is 7.36. The summed E-state index contributed by atoms with van der Waals surface area (Å²) in [6.07, 6.45) is 6.18. The molecule has 1 aromatic heterocycles. The molecule has 4 nitrogen and oxygen atoms in total. The molecule has 16 heavy (non-hydrogen) atoms. The zero-order valence-corrected chi connectivity index (χ0v) is 9.94. The van der Waals surface area contributed by atoms with Crippen LogP contribution < -0.4 is 10.6 Å². The van der Waals surface area contributed by atoms with Crippen LogP contribution in [0.4, 0.5) is 5.69 Å². The minimum Gasteiger partial charge on any atom is -0.370 e. The van der Waals surface area contributed by atoms with Crippen molar-refractivity contribution >= 4 is 18.1 Å². The van der Waals surface area contributed by atoms with Gasteiger partial charge < -0.3 is 10.6 Å². The molecule has 0 aromatic carbocycles. The quantitative estimate of drug-likeness (QED) is 0.798. The molecule has 0 amide bonds. The van der Waals surface area contributed by atoms with Crippen LogP contribution in [-0.2, 0) is 0 Å². The van der Waals surface area contributed by atoms with Gasteiger partial charge in [-0.1, -0.05) is 0 Å². The van der Waals surface area contributed by atoms with Gasteiger partial charge >= 0.3 is 0 Å². The van der Waals surface area contributed by atoms with Gasteiger partial charge in [-0.25, -0.2) is 0 Å². The van der Waals surface area contributed by atoms with E-state index in [0.29, 0.717) is 17.9 Å². The molecular formula is C11H17ClN4. The van der Waals surface area contributed by atoms with Gasteiger partial charge in [0.25, 0.3) is 0 Å². The van der Waals surface area contributed by atoms with Crippen molar-refractivity contribution in [2.24, 2.45) is 17.6 Å². The Morgan fingerprint density at radius 1 is 1.19 bits per heavy atom. The first-order valence-electron chi connectivity index (χ1n) is 5.62. The van der Waals surface area contributed by atoms with Crippen molar-refractivity contribution in [3.63, 3.8) is 0 Å². The fourth-order valence-electron chi connectivity index (χ4n) is 2.95. The molecule has 2 fully saturated rings. The van der Waals surface area contributed by atoms with E-state index in [1.807, 2.05) is 12.3 Å². The Kier molecular flexibility index (Phi) is 3.30. The van der Waals surface area contributed by atoms with E-state index in [9.17, 15) is 0 Å². The van der Waals surface area contributed by atoms with Gasteiger partial charge in [0, 0.05) is 19.1 Å². The molecule has 2 bridgehead atoms. The molecule has 1 aromatic rings. The third-order valence-corrected chi connectivity index (χ3v) is 3.84. The van der Waals surface area contributed by atoms with Crippen LogP contribution in [0.2, 0.25) is 0 Å². The summed E-state index contributed by atoms with van der Waals surface area (Å²) in [6.45, 7) is 2.17. The van der Waals surface area contributed by atoms with Crippen molar-refractivity contribution in [3.05, 3.63) is 18.5 Å².